The van der Waals surface area contributed by atoms with E-state index in [0.717, 1.165) is 5.69 Å². The van der Waals surface area contributed by atoms with Gasteiger partial charge in [0, 0.05) is 17.5 Å². The Morgan fingerprint density at radius 1 is 1.12 bits per heavy atom. The van der Waals surface area contributed by atoms with Gasteiger partial charge in [-0.05, 0) is 49.8 Å². The van der Waals surface area contributed by atoms with Crippen LogP contribution in [0.5, 0.6) is 0 Å². The van der Waals surface area contributed by atoms with Crippen molar-refractivity contribution in [2.24, 2.45) is 0 Å². The molecule has 0 bridgehead atoms. The van der Waals surface area contributed by atoms with Crippen LogP contribution in [0.25, 0.3) is 0 Å². The van der Waals surface area contributed by atoms with Crippen LogP contribution >= 0.6 is 12.2 Å². The topological polar surface area (TPSA) is 96.7 Å². The number of thiocarbonyl (C=S) groups is 1. The number of hydrogen-bond acceptors (Lipinski definition) is 6. The Kier molecular flexibility index (Phi) is 6.23. The van der Waals surface area contributed by atoms with E-state index in [0.29, 0.717) is 33.3 Å². The molecule has 2 N–H and O–H groups in total. The van der Waals surface area contributed by atoms with Crippen molar-refractivity contribution in [2.45, 2.75) is 19.9 Å². The largest absolute Gasteiger partial charge is 0.465 e. The van der Waals surface area contributed by atoms with Crippen molar-refractivity contribution in [3.63, 3.8) is 0 Å². The minimum atomic E-state index is -0.694. The molecule has 1 aromatic heterocycles. The number of nitrogens with zero attached hydrogens (tertiary/aromatic N) is 2. The lowest BCUT2D eigenvalue weighted by Gasteiger charge is -2.38. The summed E-state index contributed by atoms with van der Waals surface area (Å²) in [4.78, 5) is 27.8. The van der Waals surface area contributed by atoms with Gasteiger partial charge in [0.25, 0.3) is 5.91 Å². The fraction of sp³-hybridized carbons (Fsp3) is 0.167. The molecule has 0 saturated carbocycles. The Balaban J connectivity index is 1.85. The number of carbonyl (C=O) groups excluding carboxylic acids is 2. The van der Waals surface area contributed by atoms with Crippen molar-refractivity contribution >= 4 is 40.7 Å². The molecular weight excluding hydrogens is 440 g/mol. The summed E-state index contributed by atoms with van der Waals surface area (Å²) in [6, 6.07) is 17.4. The molecule has 1 unspecified atom stereocenters. The number of hydrogen-bond donors (Lipinski definition) is 2. The molecule has 2 aromatic carbocycles. The molecule has 3 aromatic rings. The molecular formula is C24H22N4O4S. The lowest BCUT2D eigenvalue weighted by molar-refractivity contribution is -0.113. The maximum Gasteiger partial charge on any atom is 0.338 e. The van der Waals surface area contributed by atoms with E-state index in [2.05, 4.69) is 15.8 Å². The number of ether oxygens (including phenoxy) is 1. The molecule has 8 nitrogen and oxygen atoms in total. The average molecular weight is 463 g/mol. The van der Waals surface area contributed by atoms with Crippen LogP contribution in [0.15, 0.2) is 76.5 Å². The molecule has 0 radical (unpaired) electrons. The monoisotopic (exact) mass is 462 g/mol. The summed E-state index contributed by atoms with van der Waals surface area (Å²) >= 11 is 5.68. The van der Waals surface area contributed by atoms with Crippen LogP contribution < -0.4 is 15.5 Å². The molecule has 0 fully saturated rings. The molecule has 33 heavy (non-hydrogen) atoms. The minimum Gasteiger partial charge on any atom is -0.465 e. The van der Waals surface area contributed by atoms with Crippen molar-refractivity contribution in [3.05, 3.63) is 88.8 Å². The number of carbonyl (C=O) groups is 2. The Morgan fingerprint density at radius 3 is 2.48 bits per heavy atom. The lowest BCUT2D eigenvalue weighted by atomic mass is 9.90. The highest BCUT2D eigenvalue weighted by atomic mass is 32.1. The molecule has 4 rings (SSSR count). The van der Waals surface area contributed by atoms with E-state index < -0.39 is 17.9 Å². The van der Waals surface area contributed by atoms with Gasteiger partial charge in [-0.2, -0.15) is 0 Å². The summed E-state index contributed by atoms with van der Waals surface area (Å²) in [5.41, 5.74) is 2.70. The van der Waals surface area contributed by atoms with E-state index in [-0.39, 0.29) is 5.82 Å². The molecule has 1 amide bonds. The van der Waals surface area contributed by atoms with Crippen LogP contribution in [0.1, 0.15) is 34.6 Å². The van der Waals surface area contributed by atoms with Crippen molar-refractivity contribution in [1.29, 1.82) is 0 Å². The number of aryl methyl sites for hydroxylation is 1. The summed E-state index contributed by atoms with van der Waals surface area (Å²) in [7, 11) is 1.32. The molecule has 0 spiro atoms. The summed E-state index contributed by atoms with van der Waals surface area (Å²) in [6.07, 6.45) is 0. The first-order valence-corrected chi connectivity index (χ1v) is 10.6. The fourth-order valence-corrected chi connectivity index (χ4v) is 4.17. The van der Waals surface area contributed by atoms with Crippen LogP contribution in [0.2, 0.25) is 0 Å². The van der Waals surface area contributed by atoms with Gasteiger partial charge in [0.05, 0.1) is 24.3 Å². The SMILES string of the molecule is COC(=O)c1ccccc1C1NC(=S)N(c2ccccc2)C(C)=C1C(=O)Nc1cc(C)on1. The van der Waals surface area contributed by atoms with E-state index in [4.69, 9.17) is 21.5 Å². The molecule has 0 aliphatic carbocycles. The number of rotatable bonds is 5. The van der Waals surface area contributed by atoms with Crippen molar-refractivity contribution in [3.8, 4) is 0 Å². The quantitative estimate of drug-likeness (QED) is 0.432. The Morgan fingerprint density at radius 2 is 1.82 bits per heavy atom. The summed E-state index contributed by atoms with van der Waals surface area (Å²) in [5.74, 6) is -0.0515. The molecule has 2 heterocycles. The number of anilines is 2. The number of esters is 1. The second kappa shape index (κ2) is 9.25. The van der Waals surface area contributed by atoms with Gasteiger partial charge in [0.2, 0.25) is 0 Å². The van der Waals surface area contributed by atoms with Crippen molar-refractivity contribution in [1.82, 2.24) is 10.5 Å². The van der Waals surface area contributed by atoms with E-state index in [9.17, 15) is 9.59 Å². The van der Waals surface area contributed by atoms with Crippen LogP contribution in [-0.4, -0.2) is 29.3 Å². The highest BCUT2D eigenvalue weighted by Crippen LogP contribution is 2.35. The number of allylic oxidation sites excluding steroid dienone is 1. The summed E-state index contributed by atoms with van der Waals surface area (Å²) in [5, 5.41) is 10.3. The standard InChI is InChI=1S/C24H22N4O4S/c1-14-13-19(27-32-14)25-22(29)20-15(2)28(16-9-5-4-6-10-16)24(33)26-21(20)17-11-7-8-12-18(17)23(30)31-3/h4-13,21H,1-3H3,(H,26,33)(H,25,27,29). The van der Waals surface area contributed by atoms with Gasteiger partial charge in [0.1, 0.15) is 5.76 Å². The van der Waals surface area contributed by atoms with Crippen LogP contribution in [0.3, 0.4) is 0 Å². The van der Waals surface area contributed by atoms with Gasteiger partial charge in [-0.1, -0.05) is 41.6 Å². The molecule has 0 saturated heterocycles. The fourth-order valence-electron chi connectivity index (χ4n) is 3.81. The van der Waals surface area contributed by atoms with Gasteiger partial charge in [-0.15, -0.1) is 0 Å². The molecule has 9 heteroatoms. The summed E-state index contributed by atoms with van der Waals surface area (Å²) < 4.78 is 10.0. The number of amides is 1. The van der Waals surface area contributed by atoms with Crippen LogP contribution in [0.4, 0.5) is 11.5 Å². The van der Waals surface area contributed by atoms with Gasteiger partial charge in [-0.3, -0.25) is 9.69 Å². The lowest BCUT2D eigenvalue weighted by Crippen LogP contribution is -2.48. The highest BCUT2D eigenvalue weighted by Gasteiger charge is 2.36. The van der Waals surface area contributed by atoms with Gasteiger partial charge >= 0.3 is 5.97 Å². The molecule has 1 atom stereocenters. The Bertz CT molecular complexity index is 1250. The van der Waals surface area contributed by atoms with Crippen molar-refractivity contribution in [2.75, 3.05) is 17.3 Å². The molecule has 168 valence electrons. The number of aromatic nitrogens is 1. The predicted octanol–water partition coefficient (Wildman–Crippen LogP) is 4.12. The first kappa shape index (κ1) is 22.2. The predicted molar refractivity (Wildman–Crippen MR) is 128 cm³/mol. The minimum absolute atomic E-state index is 0.289. The van der Waals surface area contributed by atoms with E-state index >= 15 is 0 Å². The van der Waals surface area contributed by atoms with Crippen molar-refractivity contribution < 1.29 is 18.8 Å². The van der Waals surface area contributed by atoms with E-state index in [1.807, 2.05) is 37.3 Å². The third-order valence-electron chi connectivity index (χ3n) is 5.29. The zero-order valence-corrected chi connectivity index (χ0v) is 19.1. The van der Waals surface area contributed by atoms with Crippen LogP contribution in [-0.2, 0) is 9.53 Å². The smallest absolute Gasteiger partial charge is 0.338 e. The molecule has 1 aliphatic rings. The average Bonchev–Trinajstić information content (AvgIpc) is 3.23. The second-order valence-corrected chi connectivity index (χ2v) is 7.80. The maximum atomic E-state index is 13.5. The first-order chi connectivity index (χ1) is 15.9. The highest BCUT2D eigenvalue weighted by molar-refractivity contribution is 7.80. The van der Waals surface area contributed by atoms with Crippen LogP contribution in [0, 0.1) is 6.92 Å². The Hall–Kier alpha value is -3.98. The van der Waals surface area contributed by atoms with E-state index in [1.54, 1.807) is 42.2 Å². The van der Waals surface area contributed by atoms with E-state index in [1.165, 1.54) is 7.11 Å². The Labute approximate surface area is 196 Å². The van der Waals surface area contributed by atoms with Gasteiger partial charge < -0.3 is 19.9 Å². The number of nitrogens with one attached hydrogen (secondary N) is 2. The first-order valence-electron chi connectivity index (χ1n) is 10.2. The maximum absolute atomic E-state index is 13.5. The normalized spacial score (nSPS) is 15.8. The van der Waals surface area contributed by atoms with Gasteiger partial charge in [0.15, 0.2) is 10.9 Å². The second-order valence-electron chi connectivity index (χ2n) is 7.41. The zero-order valence-electron chi connectivity index (χ0n) is 18.3. The third kappa shape index (κ3) is 4.35. The summed E-state index contributed by atoms with van der Waals surface area (Å²) in [6.45, 7) is 3.55. The number of benzene rings is 2. The zero-order chi connectivity index (χ0) is 23.5. The third-order valence-corrected chi connectivity index (χ3v) is 5.59. The van der Waals surface area contributed by atoms with Gasteiger partial charge in [-0.25, -0.2) is 4.79 Å². The molecule has 1 aliphatic heterocycles. The number of para-hydroxylation sites is 1. The number of methoxy groups -OCH3 is 1.